The van der Waals surface area contributed by atoms with Crippen LogP contribution in [0.15, 0.2) is 0 Å². The third-order valence-corrected chi connectivity index (χ3v) is 4.51. The van der Waals surface area contributed by atoms with Gasteiger partial charge in [0.15, 0.2) is 0 Å². The normalized spacial score (nSPS) is 16.0. The minimum atomic E-state index is -1.53. The van der Waals surface area contributed by atoms with Crippen molar-refractivity contribution in [1.82, 2.24) is 16.0 Å². The maximum atomic E-state index is 12.7. The predicted octanol–water partition coefficient (Wildman–Crippen LogP) is -2.60. The van der Waals surface area contributed by atoms with E-state index in [1.807, 2.05) is 0 Å². The van der Waals surface area contributed by atoms with Gasteiger partial charge in [0.2, 0.25) is 17.7 Å². The first-order valence-corrected chi connectivity index (χ1v) is 10.3. The van der Waals surface area contributed by atoms with Crippen LogP contribution >= 0.6 is 0 Å². The summed E-state index contributed by atoms with van der Waals surface area (Å²) in [5, 5.41) is 35.0. The largest absolute Gasteiger partial charge is 0.480 e. The van der Waals surface area contributed by atoms with E-state index in [0.29, 0.717) is 25.8 Å². The lowest BCUT2D eigenvalue weighted by molar-refractivity contribution is -0.143. The van der Waals surface area contributed by atoms with Gasteiger partial charge in [-0.1, -0.05) is 20.3 Å². The molecule has 0 rings (SSSR count). The van der Waals surface area contributed by atoms with Crippen molar-refractivity contribution in [1.29, 1.82) is 0 Å². The summed E-state index contributed by atoms with van der Waals surface area (Å²) < 4.78 is 0. The van der Waals surface area contributed by atoms with Gasteiger partial charge in [-0.05, 0) is 38.6 Å². The molecule has 0 bridgehead atoms. The number of nitrogens with one attached hydrogen (secondary N) is 3. The molecule has 0 spiro atoms. The molecule has 0 radical (unpaired) electrons. The molecule has 0 aliphatic rings. The summed E-state index contributed by atoms with van der Waals surface area (Å²) in [4.78, 5) is 48.5. The van der Waals surface area contributed by atoms with Crippen molar-refractivity contribution in [3.63, 3.8) is 0 Å². The number of carbonyl (C=O) groups is 4. The van der Waals surface area contributed by atoms with Gasteiger partial charge in [-0.25, -0.2) is 4.79 Å². The number of carboxylic acid groups (broad SMARTS) is 1. The molecule has 0 aromatic rings. The van der Waals surface area contributed by atoms with Crippen LogP contribution in [-0.4, -0.2) is 82.4 Å². The van der Waals surface area contributed by atoms with Gasteiger partial charge in [0.1, 0.15) is 18.1 Å². The Bertz CT molecular complexity index is 600. The number of aliphatic carboxylic acids is 1. The second-order valence-corrected chi connectivity index (χ2v) is 7.89. The van der Waals surface area contributed by atoms with Crippen molar-refractivity contribution < 1.29 is 34.5 Å². The lowest BCUT2D eigenvalue weighted by Crippen LogP contribution is -2.60. The molecule has 5 unspecified atom stereocenters. The molecule has 0 aromatic carbocycles. The molecule has 12 nitrogen and oxygen atoms in total. The number of amides is 3. The number of carboxylic acids is 1. The Hall–Kier alpha value is -2.28. The van der Waals surface area contributed by atoms with Crippen LogP contribution in [0.2, 0.25) is 0 Å². The van der Waals surface area contributed by atoms with E-state index < -0.39 is 60.6 Å². The summed E-state index contributed by atoms with van der Waals surface area (Å²) in [6.45, 7) is 4.53. The van der Waals surface area contributed by atoms with Crippen LogP contribution in [0.4, 0.5) is 0 Å². The standard InChI is InChI=1S/C19H37N5O7/c1-10(2)8-13(17(28)23-14(9-25)19(30)31)22-18(29)15(11(3)26)24-16(27)12(21)6-4-5-7-20/h10-15,25-26H,4-9,20-21H2,1-3H3,(H,22,29)(H,23,28)(H,24,27)(H,30,31). The van der Waals surface area contributed by atoms with Gasteiger partial charge in [0.25, 0.3) is 0 Å². The van der Waals surface area contributed by atoms with Crippen LogP contribution in [0, 0.1) is 5.92 Å². The van der Waals surface area contributed by atoms with Gasteiger partial charge in [0.05, 0.1) is 18.8 Å². The summed E-state index contributed by atoms with van der Waals surface area (Å²) >= 11 is 0. The number of unbranched alkanes of at least 4 members (excludes halogenated alkanes) is 1. The van der Waals surface area contributed by atoms with E-state index in [9.17, 15) is 24.3 Å². The van der Waals surface area contributed by atoms with Crippen molar-refractivity contribution in [2.24, 2.45) is 17.4 Å². The minimum absolute atomic E-state index is 0.0518. The molecule has 0 saturated carbocycles. The summed E-state index contributed by atoms with van der Waals surface area (Å²) in [5.41, 5.74) is 11.2. The minimum Gasteiger partial charge on any atom is -0.480 e. The zero-order chi connectivity index (χ0) is 24.1. The zero-order valence-corrected chi connectivity index (χ0v) is 18.3. The summed E-state index contributed by atoms with van der Waals surface area (Å²) in [6.07, 6.45) is 0.551. The monoisotopic (exact) mass is 447 g/mol. The van der Waals surface area contributed by atoms with E-state index in [4.69, 9.17) is 21.7 Å². The third kappa shape index (κ3) is 11.1. The van der Waals surface area contributed by atoms with Crippen LogP contribution in [0.3, 0.4) is 0 Å². The van der Waals surface area contributed by atoms with Crippen LogP contribution in [0.5, 0.6) is 0 Å². The number of hydrogen-bond donors (Lipinski definition) is 8. The summed E-state index contributed by atoms with van der Waals surface area (Å²) in [5.74, 6) is -3.74. The molecular formula is C19H37N5O7. The Morgan fingerprint density at radius 1 is 0.903 bits per heavy atom. The topological polar surface area (TPSA) is 217 Å². The van der Waals surface area contributed by atoms with E-state index in [1.165, 1.54) is 6.92 Å². The molecule has 0 aromatic heterocycles. The lowest BCUT2D eigenvalue weighted by atomic mass is 10.0. The molecule has 5 atom stereocenters. The smallest absolute Gasteiger partial charge is 0.328 e. The van der Waals surface area contributed by atoms with Crippen LogP contribution in [0.1, 0.15) is 46.5 Å². The molecule has 0 fully saturated rings. The highest BCUT2D eigenvalue weighted by molar-refractivity contribution is 5.94. The average Bonchev–Trinajstić information content (AvgIpc) is 2.68. The fraction of sp³-hybridized carbons (Fsp3) is 0.789. The Morgan fingerprint density at radius 2 is 1.48 bits per heavy atom. The molecule has 0 heterocycles. The highest BCUT2D eigenvalue weighted by Crippen LogP contribution is 2.07. The second kappa shape index (κ2) is 14.7. The first-order chi connectivity index (χ1) is 14.4. The van der Waals surface area contributed by atoms with E-state index in [2.05, 4.69) is 16.0 Å². The van der Waals surface area contributed by atoms with Gasteiger partial charge >= 0.3 is 5.97 Å². The summed E-state index contributed by atoms with van der Waals surface area (Å²) in [7, 11) is 0. The Labute approximate surface area is 182 Å². The zero-order valence-electron chi connectivity index (χ0n) is 18.3. The molecule has 0 aliphatic carbocycles. The number of carbonyl (C=O) groups excluding carboxylic acids is 3. The fourth-order valence-electron chi connectivity index (χ4n) is 2.73. The molecule has 0 saturated heterocycles. The second-order valence-electron chi connectivity index (χ2n) is 7.89. The predicted molar refractivity (Wildman–Crippen MR) is 113 cm³/mol. The van der Waals surface area contributed by atoms with Crippen molar-refractivity contribution in [3.8, 4) is 0 Å². The van der Waals surface area contributed by atoms with Gasteiger partial charge in [-0.15, -0.1) is 0 Å². The van der Waals surface area contributed by atoms with Gasteiger partial charge in [0, 0.05) is 0 Å². The van der Waals surface area contributed by atoms with Crippen LogP contribution in [0.25, 0.3) is 0 Å². The van der Waals surface area contributed by atoms with E-state index >= 15 is 0 Å². The third-order valence-electron chi connectivity index (χ3n) is 4.51. The Kier molecular flexibility index (Phi) is 13.6. The van der Waals surface area contributed by atoms with Crippen LogP contribution in [-0.2, 0) is 19.2 Å². The number of rotatable bonds is 15. The molecule has 31 heavy (non-hydrogen) atoms. The Balaban J connectivity index is 5.24. The molecule has 12 heteroatoms. The SMILES string of the molecule is CC(C)CC(NC(=O)C(NC(=O)C(N)CCCCN)C(C)O)C(=O)NC(CO)C(=O)O. The maximum absolute atomic E-state index is 12.7. The molecule has 3 amide bonds. The number of nitrogens with two attached hydrogens (primary N) is 2. The van der Waals surface area contributed by atoms with Gasteiger partial charge in [-0.2, -0.15) is 0 Å². The van der Waals surface area contributed by atoms with Crippen molar-refractivity contribution in [2.75, 3.05) is 13.2 Å². The highest BCUT2D eigenvalue weighted by Gasteiger charge is 2.32. The van der Waals surface area contributed by atoms with Crippen molar-refractivity contribution in [2.45, 2.75) is 76.7 Å². The van der Waals surface area contributed by atoms with Crippen LogP contribution < -0.4 is 27.4 Å². The molecule has 0 aliphatic heterocycles. The van der Waals surface area contributed by atoms with E-state index in [1.54, 1.807) is 13.8 Å². The molecule has 180 valence electrons. The number of aliphatic hydroxyl groups is 2. The highest BCUT2D eigenvalue weighted by atomic mass is 16.4. The Morgan fingerprint density at radius 3 is 1.94 bits per heavy atom. The van der Waals surface area contributed by atoms with Crippen molar-refractivity contribution in [3.05, 3.63) is 0 Å². The fourth-order valence-corrected chi connectivity index (χ4v) is 2.73. The first kappa shape index (κ1) is 28.7. The van der Waals surface area contributed by atoms with Crippen molar-refractivity contribution >= 4 is 23.7 Å². The average molecular weight is 448 g/mol. The van der Waals surface area contributed by atoms with E-state index in [-0.39, 0.29) is 12.3 Å². The summed E-state index contributed by atoms with van der Waals surface area (Å²) in [6, 6.07) is -4.94. The quantitative estimate of drug-likeness (QED) is 0.123. The first-order valence-electron chi connectivity index (χ1n) is 10.3. The number of aliphatic hydroxyl groups excluding tert-OH is 2. The van der Waals surface area contributed by atoms with Gasteiger partial charge < -0.3 is 42.7 Å². The maximum Gasteiger partial charge on any atom is 0.328 e. The molecule has 10 N–H and O–H groups in total. The molecular weight excluding hydrogens is 410 g/mol. The number of hydrogen-bond acceptors (Lipinski definition) is 8. The van der Waals surface area contributed by atoms with Gasteiger partial charge in [-0.3, -0.25) is 14.4 Å². The lowest BCUT2D eigenvalue weighted by Gasteiger charge is -2.27. The van der Waals surface area contributed by atoms with E-state index in [0.717, 1.165) is 0 Å².